The highest BCUT2D eigenvalue weighted by atomic mass is 15.4. The lowest BCUT2D eigenvalue weighted by atomic mass is 10.2. The largest absolute Gasteiger partial charge is 0.368 e. The molecule has 0 bridgehead atoms. The Morgan fingerprint density at radius 2 is 1.65 bits per heavy atom. The molecule has 0 atom stereocenters. The second kappa shape index (κ2) is 7.39. The van der Waals surface area contributed by atoms with Gasteiger partial charge in [-0.05, 0) is 36.8 Å². The number of anilines is 4. The normalized spacial score (nSPS) is 14.3. The molecule has 0 aliphatic carbocycles. The lowest BCUT2D eigenvalue weighted by molar-refractivity contribution is 0.635. The van der Waals surface area contributed by atoms with Crippen molar-refractivity contribution >= 4 is 23.1 Å². The van der Waals surface area contributed by atoms with Crippen molar-refractivity contribution in [1.29, 1.82) is 0 Å². The van der Waals surface area contributed by atoms with Gasteiger partial charge in [-0.15, -0.1) is 5.10 Å². The van der Waals surface area contributed by atoms with Crippen LogP contribution in [-0.4, -0.2) is 41.4 Å². The Bertz CT molecular complexity index is 859. The van der Waals surface area contributed by atoms with Gasteiger partial charge in [0.25, 0.3) is 0 Å². The van der Waals surface area contributed by atoms with Crippen LogP contribution in [0.5, 0.6) is 0 Å². The fraction of sp³-hybridized carbons (Fsp3) is 0.250. The fourth-order valence-electron chi connectivity index (χ4n) is 3.16. The summed E-state index contributed by atoms with van der Waals surface area (Å²) in [5.74, 6) is 1.39. The highest BCUT2D eigenvalue weighted by Gasteiger charge is 2.19. The molecule has 2 aromatic carbocycles. The summed E-state index contributed by atoms with van der Waals surface area (Å²) >= 11 is 0. The molecule has 26 heavy (non-hydrogen) atoms. The van der Waals surface area contributed by atoms with Gasteiger partial charge in [-0.2, -0.15) is 10.1 Å². The molecule has 4 rings (SSSR count). The Kier molecular flexibility index (Phi) is 4.64. The molecule has 0 radical (unpaired) electrons. The molecule has 1 fully saturated rings. The first-order chi connectivity index (χ1) is 12.8. The van der Waals surface area contributed by atoms with Crippen LogP contribution in [0.3, 0.4) is 0 Å². The average molecular weight is 346 g/mol. The molecule has 1 N–H and O–H groups in total. The van der Waals surface area contributed by atoms with Crippen LogP contribution in [-0.2, 0) is 0 Å². The van der Waals surface area contributed by atoms with E-state index in [1.807, 2.05) is 18.2 Å². The van der Waals surface area contributed by atoms with Crippen molar-refractivity contribution in [2.45, 2.75) is 6.92 Å². The molecule has 1 aliphatic heterocycles. The fourth-order valence-corrected chi connectivity index (χ4v) is 3.16. The predicted molar refractivity (Wildman–Crippen MR) is 105 cm³/mol. The number of nitrogens with zero attached hydrogens (tertiary/aromatic N) is 5. The summed E-state index contributed by atoms with van der Waals surface area (Å²) in [4.78, 5) is 9.22. The van der Waals surface area contributed by atoms with Crippen LogP contribution in [0.1, 0.15) is 5.56 Å². The van der Waals surface area contributed by atoms with Gasteiger partial charge in [0.2, 0.25) is 5.95 Å². The summed E-state index contributed by atoms with van der Waals surface area (Å²) in [6, 6.07) is 18.7. The van der Waals surface area contributed by atoms with Crippen molar-refractivity contribution in [1.82, 2.24) is 15.2 Å². The molecule has 3 aromatic rings. The predicted octanol–water partition coefficient (Wildman–Crippen LogP) is 3.25. The van der Waals surface area contributed by atoms with Crippen molar-refractivity contribution in [2.24, 2.45) is 0 Å². The Balaban J connectivity index is 1.43. The van der Waals surface area contributed by atoms with E-state index in [0.717, 1.165) is 31.9 Å². The van der Waals surface area contributed by atoms with Gasteiger partial charge in [-0.25, -0.2) is 0 Å². The third-order valence-corrected chi connectivity index (χ3v) is 4.52. The molecule has 6 heteroatoms. The van der Waals surface area contributed by atoms with Crippen LogP contribution in [0.2, 0.25) is 0 Å². The van der Waals surface area contributed by atoms with Gasteiger partial charge < -0.3 is 15.1 Å². The summed E-state index contributed by atoms with van der Waals surface area (Å²) in [5, 5.41) is 11.7. The number of hydrogen-bond acceptors (Lipinski definition) is 6. The summed E-state index contributed by atoms with van der Waals surface area (Å²) in [6.45, 7) is 5.72. The molecular formula is C20H22N6. The number of hydrogen-bond donors (Lipinski definition) is 1. The van der Waals surface area contributed by atoms with Crippen molar-refractivity contribution in [3.63, 3.8) is 0 Å². The summed E-state index contributed by atoms with van der Waals surface area (Å²) in [6.07, 6.45) is 1.66. The van der Waals surface area contributed by atoms with Crippen LogP contribution in [0.25, 0.3) is 0 Å². The molecule has 2 heterocycles. The van der Waals surface area contributed by atoms with E-state index in [2.05, 4.69) is 73.6 Å². The van der Waals surface area contributed by atoms with Crippen molar-refractivity contribution in [3.05, 3.63) is 66.4 Å². The minimum absolute atomic E-state index is 0.676. The Morgan fingerprint density at radius 1 is 0.885 bits per heavy atom. The minimum Gasteiger partial charge on any atom is -0.368 e. The quantitative estimate of drug-likeness (QED) is 0.783. The van der Waals surface area contributed by atoms with Gasteiger partial charge in [-0.3, -0.25) is 0 Å². The first kappa shape index (κ1) is 16.3. The van der Waals surface area contributed by atoms with E-state index in [4.69, 9.17) is 0 Å². The minimum atomic E-state index is 0.676. The molecule has 1 aliphatic rings. The maximum atomic E-state index is 4.64. The van der Waals surface area contributed by atoms with Gasteiger partial charge in [0.05, 0.1) is 6.20 Å². The van der Waals surface area contributed by atoms with E-state index in [1.165, 1.54) is 11.3 Å². The molecule has 1 saturated heterocycles. The average Bonchev–Trinajstić information content (AvgIpc) is 2.69. The lowest BCUT2D eigenvalue weighted by Gasteiger charge is -2.35. The van der Waals surface area contributed by atoms with Crippen LogP contribution in [0.15, 0.2) is 60.8 Å². The molecule has 6 nitrogen and oxygen atoms in total. The van der Waals surface area contributed by atoms with Gasteiger partial charge in [0, 0.05) is 37.6 Å². The number of rotatable bonds is 4. The number of piperazine rings is 1. The summed E-state index contributed by atoms with van der Waals surface area (Å²) in [5.41, 5.74) is 3.47. The molecule has 0 spiro atoms. The highest BCUT2D eigenvalue weighted by Crippen LogP contribution is 2.20. The molecule has 0 unspecified atom stereocenters. The van der Waals surface area contributed by atoms with E-state index in [-0.39, 0.29) is 0 Å². The van der Waals surface area contributed by atoms with Gasteiger partial charge in [0.1, 0.15) is 0 Å². The lowest BCUT2D eigenvalue weighted by Crippen LogP contribution is -2.47. The van der Waals surface area contributed by atoms with Crippen LogP contribution >= 0.6 is 0 Å². The van der Waals surface area contributed by atoms with Crippen molar-refractivity contribution in [2.75, 3.05) is 41.3 Å². The second-order valence-electron chi connectivity index (χ2n) is 6.45. The van der Waals surface area contributed by atoms with Crippen molar-refractivity contribution < 1.29 is 0 Å². The van der Waals surface area contributed by atoms with Gasteiger partial charge >= 0.3 is 0 Å². The summed E-state index contributed by atoms with van der Waals surface area (Å²) in [7, 11) is 0. The zero-order valence-electron chi connectivity index (χ0n) is 14.8. The van der Waals surface area contributed by atoms with Crippen molar-refractivity contribution in [3.8, 4) is 0 Å². The summed E-state index contributed by atoms with van der Waals surface area (Å²) < 4.78 is 0. The standard InChI is InChI=1S/C20H22N6/c1-16-6-5-7-17(14-16)22-19-15-21-24-20(23-19)26-12-10-25(11-13-26)18-8-3-2-4-9-18/h2-9,14-15H,10-13H2,1H3,(H,22,23,24). The zero-order chi connectivity index (χ0) is 17.8. The van der Waals surface area contributed by atoms with Gasteiger partial charge in [0.15, 0.2) is 5.82 Å². The molecular weight excluding hydrogens is 324 g/mol. The molecule has 0 amide bonds. The zero-order valence-corrected chi connectivity index (χ0v) is 14.8. The third kappa shape index (κ3) is 3.74. The number of para-hydroxylation sites is 1. The van der Waals surface area contributed by atoms with E-state index in [0.29, 0.717) is 11.8 Å². The number of aryl methyl sites for hydroxylation is 1. The Hall–Kier alpha value is -3.15. The van der Waals surface area contributed by atoms with E-state index in [1.54, 1.807) is 6.20 Å². The third-order valence-electron chi connectivity index (χ3n) is 4.52. The monoisotopic (exact) mass is 346 g/mol. The van der Waals surface area contributed by atoms with Crippen LogP contribution < -0.4 is 15.1 Å². The first-order valence-electron chi connectivity index (χ1n) is 8.86. The van der Waals surface area contributed by atoms with Crippen LogP contribution in [0.4, 0.5) is 23.1 Å². The Morgan fingerprint density at radius 3 is 2.42 bits per heavy atom. The smallest absolute Gasteiger partial charge is 0.247 e. The SMILES string of the molecule is Cc1cccc(Nc2cnnc(N3CCN(c4ccccc4)CC3)n2)c1. The van der Waals surface area contributed by atoms with E-state index >= 15 is 0 Å². The first-order valence-corrected chi connectivity index (χ1v) is 8.86. The highest BCUT2D eigenvalue weighted by molar-refractivity contribution is 5.57. The molecule has 1 aromatic heterocycles. The topological polar surface area (TPSA) is 57.2 Å². The molecule has 0 saturated carbocycles. The van der Waals surface area contributed by atoms with E-state index in [9.17, 15) is 0 Å². The maximum absolute atomic E-state index is 4.64. The maximum Gasteiger partial charge on any atom is 0.247 e. The van der Waals surface area contributed by atoms with E-state index < -0.39 is 0 Å². The Labute approximate surface area is 153 Å². The number of aromatic nitrogens is 3. The number of benzene rings is 2. The second-order valence-corrected chi connectivity index (χ2v) is 6.45. The van der Waals surface area contributed by atoms with Gasteiger partial charge in [-0.1, -0.05) is 30.3 Å². The number of nitrogens with one attached hydrogen (secondary N) is 1. The van der Waals surface area contributed by atoms with Crippen LogP contribution in [0, 0.1) is 6.92 Å². The molecule has 132 valence electrons.